The third-order valence-corrected chi connectivity index (χ3v) is 4.72. The Morgan fingerprint density at radius 3 is 2.46 bits per heavy atom. The van der Waals surface area contributed by atoms with Crippen LogP contribution in [0.25, 0.3) is 11.1 Å². The second-order valence-electron chi connectivity index (χ2n) is 6.09. The maximum absolute atomic E-state index is 14.6. The molecule has 134 valence electrons. The number of hydrogen-bond acceptors (Lipinski definition) is 3. The zero-order chi connectivity index (χ0) is 19.0. The van der Waals surface area contributed by atoms with Crippen LogP contribution >= 0.6 is 11.6 Å². The fourth-order valence-electron chi connectivity index (χ4n) is 2.95. The van der Waals surface area contributed by atoms with Gasteiger partial charge in [0.05, 0.1) is 22.9 Å². The summed E-state index contributed by atoms with van der Waals surface area (Å²) in [6, 6.07) is 10.2. The van der Waals surface area contributed by atoms with Crippen molar-refractivity contribution >= 4 is 23.2 Å². The number of aromatic nitrogens is 2. The van der Waals surface area contributed by atoms with Gasteiger partial charge in [-0.1, -0.05) is 23.7 Å². The number of rotatable bonds is 4. The molecule has 1 aromatic heterocycles. The van der Waals surface area contributed by atoms with E-state index in [1.54, 1.807) is 28.9 Å². The Bertz CT molecular complexity index is 996. The SMILES string of the molecule is Cc1nn(Cc2ccc(C(N)=O)cc2)c(C)c1-c1ccc(N)c(Cl)c1F. The van der Waals surface area contributed by atoms with Crippen LogP contribution in [0.4, 0.5) is 10.1 Å². The molecule has 0 spiro atoms. The van der Waals surface area contributed by atoms with E-state index in [9.17, 15) is 9.18 Å². The summed E-state index contributed by atoms with van der Waals surface area (Å²) in [6.07, 6.45) is 0. The molecule has 0 saturated carbocycles. The topological polar surface area (TPSA) is 86.9 Å². The van der Waals surface area contributed by atoms with Gasteiger partial charge < -0.3 is 11.5 Å². The lowest BCUT2D eigenvalue weighted by Gasteiger charge is -2.09. The third kappa shape index (κ3) is 3.15. The number of carbonyl (C=O) groups is 1. The molecule has 5 nitrogen and oxygen atoms in total. The second kappa shape index (κ2) is 6.80. The van der Waals surface area contributed by atoms with Gasteiger partial charge in [-0.3, -0.25) is 9.48 Å². The highest BCUT2D eigenvalue weighted by Gasteiger charge is 2.19. The minimum absolute atomic E-state index is 0.0870. The van der Waals surface area contributed by atoms with Gasteiger partial charge in [-0.25, -0.2) is 4.39 Å². The molecule has 7 heteroatoms. The number of nitrogens with two attached hydrogens (primary N) is 2. The summed E-state index contributed by atoms with van der Waals surface area (Å²) >= 11 is 5.95. The number of nitrogens with zero attached hydrogens (tertiary/aromatic N) is 2. The van der Waals surface area contributed by atoms with Gasteiger partial charge in [-0.15, -0.1) is 0 Å². The van der Waals surface area contributed by atoms with Crippen molar-refractivity contribution in [3.8, 4) is 11.1 Å². The van der Waals surface area contributed by atoms with E-state index in [1.165, 1.54) is 0 Å². The summed E-state index contributed by atoms with van der Waals surface area (Å²) in [5.74, 6) is -1.02. The van der Waals surface area contributed by atoms with Crippen LogP contribution in [0.5, 0.6) is 0 Å². The molecule has 0 atom stereocenters. The zero-order valence-electron chi connectivity index (χ0n) is 14.4. The summed E-state index contributed by atoms with van der Waals surface area (Å²) in [4.78, 5) is 11.2. The molecule has 2 aromatic carbocycles. The van der Waals surface area contributed by atoms with Crippen molar-refractivity contribution in [1.82, 2.24) is 9.78 Å². The number of carbonyl (C=O) groups excluding carboxylic acids is 1. The molecular formula is C19H18ClFN4O. The summed E-state index contributed by atoms with van der Waals surface area (Å²) in [7, 11) is 0. The number of amides is 1. The van der Waals surface area contributed by atoms with Gasteiger partial charge in [0.15, 0.2) is 5.82 Å². The van der Waals surface area contributed by atoms with Crippen LogP contribution in [-0.4, -0.2) is 15.7 Å². The first-order valence-electron chi connectivity index (χ1n) is 7.96. The van der Waals surface area contributed by atoms with E-state index in [2.05, 4.69) is 5.10 Å². The van der Waals surface area contributed by atoms with Crippen LogP contribution in [0.3, 0.4) is 0 Å². The maximum atomic E-state index is 14.6. The van der Waals surface area contributed by atoms with Gasteiger partial charge in [0.25, 0.3) is 0 Å². The highest BCUT2D eigenvalue weighted by Crippen LogP contribution is 2.35. The molecule has 0 fully saturated rings. The molecule has 3 rings (SSSR count). The Labute approximate surface area is 155 Å². The first-order chi connectivity index (χ1) is 12.3. The number of halogens is 2. The summed E-state index contributed by atoms with van der Waals surface area (Å²) in [5, 5.41) is 4.43. The largest absolute Gasteiger partial charge is 0.397 e. The number of anilines is 1. The minimum Gasteiger partial charge on any atom is -0.397 e. The van der Waals surface area contributed by atoms with E-state index >= 15 is 0 Å². The first-order valence-corrected chi connectivity index (χ1v) is 8.34. The number of benzene rings is 2. The van der Waals surface area contributed by atoms with Crippen molar-refractivity contribution in [2.24, 2.45) is 5.73 Å². The molecule has 0 bridgehead atoms. The fraction of sp³-hybridized carbons (Fsp3) is 0.158. The lowest BCUT2D eigenvalue weighted by Crippen LogP contribution is -2.11. The van der Waals surface area contributed by atoms with Gasteiger partial charge in [0, 0.05) is 22.4 Å². The number of nitrogen functional groups attached to an aromatic ring is 1. The number of primary amides is 1. The maximum Gasteiger partial charge on any atom is 0.248 e. The van der Waals surface area contributed by atoms with Crippen LogP contribution in [-0.2, 0) is 6.54 Å². The Morgan fingerprint density at radius 2 is 1.85 bits per heavy atom. The van der Waals surface area contributed by atoms with E-state index in [4.69, 9.17) is 23.1 Å². The van der Waals surface area contributed by atoms with E-state index in [-0.39, 0.29) is 10.7 Å². The van der Waals surface area contributed by atoms with Crippen molar-refractivity contribution < 1.29 is 9.18 Å². The normalized spacial score (nSPS) is 10.9. The molecular weight excluding hydrogens is 355 g/mol. The summed E-state index contributed by atoms with van der Waals surface area (Å²) in [6.45, 7) is 4.17. The second-order valence-corrected chi connectivity index (χ2v) is 6.47. The molecule has 0 unspecified atom stereocenters. The van der Waals surface area contributed by atoms with E-state index < -0.39 is 11.7 Å². The highest BCUT2D eigenvalue weighted by molar-refractivity contribution is 6.33. The Morgan fingerprint density at radius 1 is 1.19 bits per heavy atom. The zero-order valence-corrected chi connectivity index (χ0v) is 15.1. The van der Waals surface area contributed by atoms with Crippen LogP contribution in [0.15, 0.2) is 36.4 Å². The molecule has 0 radical (unpaired) electrons. The molecule has 1 heterocycles. The Kier molecular flexibility index (Phi) is 4.70. The summed E-state index contributed by atoms with van der Waals surface area (Å²) < 4.78 is 16.4. The molecule has 26 heavy (non-hydrogen) atoms. The average Bonchev–Trinajstić information content (AvgIpc) is 2.88. The molecule has 1 amide bonds. The lowest BCUT2D eigenvalue weighted by atomic mass is 10.0. The van der Waals surface area contributed by atoms with Gasteiger partial charge in [-0.2, -0.15) is 5.10 Å². The van der Waals surface area contributed by atoms with Crippen LogP contribution in [0.1, 0.15) is 27.3 Å². The molecule has 0 aliphatic heterocycles. The monoisotopic (exact) mass is 372 g/mol. The van der Waals surface area contributed by atoms with Crippen molar-refractivity contribution in [2.75, 3.05) is 5.73 Å². The fourth-order valence-corrected chi connectivity index (χ4v) is 3.11. The van der Waals surface area contributed by atoms with Gasteiger partial charge in [0.2, 0.25) is 5.91 Å². The standard InChI is InChI=1S/C19H18ClFN4O/c1-10-16(14-7-8-15(22)17(20)18(14)21)11(2)25(24-10)9-12-3-5-13(6-4-12)19(23)26/h3-8H,9,22H2,1-2H3,(H2,23,26). The Hall–Kier alpha value is -2.86. The lowest BCUT2D eigenvalue weighted by molar-refractivity contribution is 0.100. The van der Waals surface area contributed by atoms with Crippen molar-refractivity contribution in [2.45, 2.75) is 20.4 Å². The van der Waals surface area contributed by atoms with Crippen molar-refractivity contribution in [3.63, 3.8) is 0 Å². The van der Waals surface area contributed by atoms with Crippen LogP contribution in [0, 0.1) is 19.7 Å². The predicted octanol–water partition coefficient (Wildman–Crippen LogP) is 3.69. The van der Waals surface area contributed by atoms with E-state index in [0.717, 1.165) is 11.3 Å². The molecule has 3 aromatic rings. The van der Waals surface area contributed by atoms with Crippen LogP contribution in [0.2, 0.25) is 5.02 Å². The highest BCUT2D eigenvalue weighted by atomic mass is 35.5. The summed E-state index contributed by atoms with van der Waals surface area (Å²) in [5.41, 5.74) is 15.1. The molecule has 4 N–H and O–H groups in total. The molecule has 0 aliphatic rings. The van der Waals surface area contributed by atoms with Gasteiger partial charge >= 0.3 is 0 Å². The quantitative estimate of drug-likeness (QED) is 0.685. The van der Waals surface area contributed by atoms with Gasteiger partial charge in [0.1, 0.15) is 0 Å². The third-order valence-electron chi connectivity index (χ3n) is 4.33. The number of aryl methyl sites for hydroxylation is 1. The van der Waals surface area contributed by atoms with Gasteiger partial charge in [-0.05, 0) is 43.7 Å². The van der Waals surface area contributed by atoms with E-state index in [0.29, 0.717) is 28.9 Å². The van der Waals surface area contributed by atoms with E-state index in [1.807, 2.05) is 26.0 Å². The Balaban J connectivity index is 1.98. The first kappa shape index (κ1) is 17.9. The number of hydrogen-bond donors (Lipinski definition) is 2. The molecule has 0 aliphatic carbocycles. The average molecular weight is 373 g/mol. The molecule has 0 saturated heterocycles. The smallest absolute Gasteiger partial charge is 0.248 e. The van der Waals surface area contributed by atoms with Crippen molar-refractivity contribution in [1.29, 1.82) is 0 Å². The van der Waals surface area contributed by atoms with Crippen molar-refractivity contribution in [3.05, 3.63) is 69.8 Å². The predicted molar refractivity (Wildman–Crippen MR) is 101 cm³/mol. The minimum atomic E-state index is -0.553. The van der Waals surface area contributed by atoms with Crippen LogP contribution < -0.4 is 11.5 Å².